The minimum atomic E-state index is -0.437. The molecule has 1 fully saturated rings. The Morgan fingerprint density at radius 3 is 2.65 bits per heavy atom. The molecule has 0 spiro atoms. The summed E-state index contributed by atoms with van der Waals surface area (Å²) < 4.78 is 13.9. The summed E-state index contributed by atoms with van der Waals surface area (Å²) in [5.41, 5.74) is 2.00. The SMILES string of the molecule is CC(Nc1ccccc1[N+](=O)[O-])c1cc(F)ccc1N1CCC(O)CC1. The predicted octanol–water partition coefficient (Wildman–Crippen LogP) is 3.87. The average molecular weight is 359 g/mol. The van der Waals surface area contributed by atoms with Crippen LogP contribution < -0.4 is 10.2 Å². The van der Waals surface area contributed by atoms with Crippen LogP contribution >= 0.6 is 0 Å². The Bertz CT molecular complexity index is 791. The van der Waals surface area contributed by atoms with Crippen LogP contribution in [0.2, 0.25) is 0 Å². The molecule has 0 radical (unpaired) electrons. The fourth-order valence-electron chi connectivity index (χ4n) is 3.33. The van der Waals surface area contributed by atoms with Crippen molar-refractivity contribution in [3.05, 3.63) is 64.0 Å². The number of rotatable bonds is 5. The Labute approximate surface area is 151 Å². The van der Waals surface area contributed by atoms with Crippen molar-refractivity contribution >= 4 is 17.1 Å². The molecule has 3 rings (SSSR count). The van der Waals surface area contributed by atoms with Crippen molar-refractivity contribution in [1.82, 2.24) is 0 Å². The van der Waals surface area contributed by atoms with E-state index in [1.54, 1.807) is 24.3 Å². The smallest absolute Gasteiger partial charge is 0.292 e. The normalized spacial score (nSPS) is 16.3. The largest absolute Gasteiger partial charge is 0.393 e. The molecule has 2 aromatic rings. The number of nitrogens with one attached hydrogen (secondary N) is 1. The van der Waals surface area contributed by atoms with Crippen LogP contribution in [0.25, 0.3) is 0 Å². The summed E-state index contributed by atoms with van der Waals surface area (Å²) in [7, 11) is 0. The van der Waals surface area contributed by atoms with E-state index in [4.69, 9.17) is 0 Å². The lowest BCUT2D eigenvalue weighted by atomic mass is 10.0. The molecular formula is C19H22FN3O3. The van der Waals surface area contributed by atoms with Crippen LogP contribution in [0.3, 0.4) is 0 Å². The standard InChI is InChI=1S/C19H22FN3O3/c1-13(21-17-4-2-3-5-19(17)23(25)26)16-12-14(20)6-7-18(16)22-10-8-15(24)9-11-22/h2-7,12-13,15,21,24H,8-11H2,1H3. The third-order valence-electron chi connectivity index (χ3n) is 4.73. The summed E-state index contributed by atoms with van der Waals surface area (Å²) in [6, 6.07) is 10.7. The molecule has 0 bridgehead atoms. The molecule has 2 aromatic carbocycles. The summed E-state index contributed by atoms with van der Waals surface area (Å²) in [5, 5.41) is 24.1. The maximum atomic E-state index is 13.9. The molecule has 1 atom stereocenters. The fraction of sp³-hybridized carbons (Fsp3) is 0.368. The molecule has 26 heavy (non-hydrogen) atoms. The van der Waals surface area contributed by atoms with E-state index in [-0.39, 0.29) is 23.7 Å². The van der Waals surface area contributed by atoms with E-state index >= 15 is 0 Å². The first-order valence-corrected chi connectivity index (χ1v) is 8.68. The van der Waals surface area contributed by atoms with Crippen molar-refractivity contribution in [3.63, 3.8) is 0 Å². The predicted molar refractivity (Wildman–Crippen MR) is 99.0 cm³/mol. The third-order valence-corrected chi connectivity index (χ3v) is 4.73. The first-order valence-electron chi connectivity index (χ1n) is 8.68. The molecule has 1 saturated heterocycles. The molecule has 0 amide bonds. The Morgan fingerprint density at radius 2 is 1.96 bits per heavy atom. The van der Waals surface area contributed by atoms with E-state index in [1.165, 1.54) is 18.2 Å². The van der Waals surface area contributed by atoms with Crippen LogP contribution in [0.5, 0.6) is 0 Å². The second kappa shape index (κ2) is 7.70. The summed E-state index contributed by atoms with van der Waals surface area (Å²) in [6.07, 6.45) is 1.05. The number of hydrogen-bond acceptors (Lipinski definition) is 5. The van der Waals surface area contributed by atoms with E-state index in [1.807, 2.05) is 6.92 Å². The molecular weight excluding hydrogens is 337 g/mol. The number of anilines is 2. The fourth-order valence-corrected chi connectivity index (χ4v) is 3.33. The quantitative estimate of drug-likeness (QED) is 0.626. The third kappa shape index (κ3) is 3.94. The first-order chi connectivity index (χ1) is 12.5. The van der Waals surface area contributed by atoms with Gasteiger partial charge in [-0.15, -0.1) is 0 Å². The highest BCUT2D eigenvalue weighted by Crippen LogP contribution is 2.33. The Morgan fingerprint density at radius 1 is 1.27 bits per heavy atom. The molecule has 7 heteroatoms. The second-order valence-corrected chi connectivity index (χ2v) is 6.56. The number of halogens is 1. The minimum absolute atomic E-state index is 0.0154. The number of aliphatic hydroxyl groups is 1. The van der Waals surface area contributed by atoms with E-state index in [9.17, 15) is 19.6 Å². The number of hydrogen-bond donors (Lipinski definition) is 2. The van der Waals surface area contributed by atoms with E-state index in [2.05, 4.69) is 10.2 Å². The minimum Gasteiger partial charge on any atom is -0.393 e. The van der Waals surface area contributed by atoms with Gasteiger partial charge in [-0.3, -0.25) is 10.1 Å². The highest BCUT2D eigenvalue weighted by molar-refractivity contribution is 5.64. The molecule has 1 aliphatic heterocycles. The molecule has 138 valence electrons. The maximum absolute atomic E-state index is 13.9. The van der Waals surface area contributed by atoms with Crippen molar-refractivity contribution in [2.45, 2.75) is 31.9 Å². The number of aliphatic hydroxyl groups excluding tert-OH is 1. The van der Waals surface area contributed by atoms with Gasteiger partial charge in [-0.05, 0) is 44.0 Å². The lowest BCUT2D eigenvalue weighted by Gasteiger charge is -2.34. The van der Waals surface area contributed by atoms with E-state index in [0.717, 1.165) is 11.3 Å². The van der Waals surface area contributed by atoms with Crippen LogP contribution in [-0.4, -0.2) is 29.2 Å². The van der Waals surface area contributed by atoms with E-state index in [0.29, 0.717) is 31.6 Å². The number of nitro benzene ring substituents is 1. The number of benzene rings is 2. The average Bonchev–Trinajstić information content (AvgIpc) is 2.63. The maximum Gasteiger partial charge on any atom is 0.292 e. The molecule has 0 aromatic heterocycles. The van der Waals surface area contributed by atoms with Crippen LogP contribution in [0.1, 0.15) is 31.4 Å². The summed E-state index contributed by atoms with van der Waals surface area (Å²) in [6.45, 7) is 3.24. The number of nitro groups is 1. The van der Waals surface area contributed by atoms with Crippen molar-refractivity contribution in [2.24, 2.45) is 0 Å². The zero-order valence-electron chi connectivity index (χ0n) is 14.6. The summed E-state index contributed by atoms with van der Waals surface area (Å²) >= 11 is 0. The van der Waals surface area contributed by atoms with Crippen molar-refractivity contribution in [1.29, 1.82) is 0 Å². The van der Waals surface area contributed by atoms with Gasteiger partial charge in [0.1, 0.15) is 11.5 Å². The van der Waals surface area contributed by atoms with Gasteiger partial charge in [0.05, 0.1) is 17.1 Å². The van der Waals surface area contributed by atoms with E-state index < -0.39 is 4.92 Å². The number of para-hydroxylation sites is 2. The zero-order chi connectivity index (χ0) is 18.7. The van der Waals surface area contributed by atoms with Crippen LogP contribution in [0.15, 0.2) is 42.5 Å². The topological polar surface area (TPSA) is 78.6 Å². The Balaban J connectivity index is 1.88. The van der Waals surface area contributed by atoms with Crippen molar-refractivity contribution in [2.75, 3.05) is 23.3 Å². The number of nitrogens with zero attached hydrogens (tertiary/aromatic N) is 2. The van der Waals surface area contributed by atoms with Gasteiger partial charge in [-0.2, -0.15) is 0 Å². The van der Waals surface area contributed by atoms with Crippen LogP contribution in [-0.2, 0) is 0 Å². The van der Waals surface area contributed by atoms with Gasteiger partial charge in [0.25, 0.3) is 5.69 Å². The highest BCUT2D eigenvalue weighted by Gasteiger charge is 2.23. The Hall–Kier alpha value is -2.67. The molecule has 1 heterocycles. The molecule has 0 saturated carbocycles. The van der Waals surface area contributed by atoms with Crippen LogP contribution in [0, 0.1) is 15.9 Å². The number of piperidine rings is 1. The van der Waals surface area contributed by atoms with Crippen molar-refractivity contribution < 1.29 is 14.4 Å². The summed E-state index contributed by atoms with van der Waals surface area (Å²) in [4.78, 5) is 12.9. The molecule has 6 nitrogen and oxygen atoms in total. The van der Waals surface area contributed by atoms with Gasteiger partial charge < -0.3 is 15.3 Å². The highest BCUT2D eigenvalue weighted by atomic mass is 19.1. The first kappa shape index (κ1) is 18.1. The monoisotopic (exact) mass is 359 g/mol. The lowest BCUT2D eigenvalue weighted by Crippen LogP contribution is -2.36. The van der Waals surface area contributed by atoms with Gasteiger partial charge in [0, 0.05) is 30.4 Å². The molecule has 0 aliphatic carbocycles. The molecule has 2 N–H and O–H groups in total. The van der Waals surface area contributed by atoms with Gasteiger partial charge in [-0.1, -0.05) is 12.1 Å². The lowest BCUT2D eigenvalue weighted by molar-refractivity contribution is -0.384. The molecule has 1 unspecified atom stereocenters. The van der Waals surface area contributed by atoms with Gasteiger partial charge in [0.15, 0.2) is 0 Å². The second-order valence-electron chi connectivity index (χ2n) is 6.56. The zero-order valence-corrected chi connectivity index (χ0v) is 14.6. The van der Waals surface area contributed by atoms with Gasteiger partial charge in [0.2, 0.25) is 0 Å². The van der Waals surface area contributed by atoms with Gasteiger partial charge >= 0.3 is 0 Å². The molecule has 1 aliphatic rings. The van der Waals surface area contributed by atoms with Gasteiger partial charge in [-0.25, -0.2) is 4.39 Å². The van der Waals surface area contributed by atoms with Crippen LogP contribution in [0.4, 0.5) is 21.5 Å². The summed E-state index contributed by atoms with van der Waals surface area (Å²) in [5.74, 6) is -0.350. The van der Waals surface area contributed by atoms with Crippen molar-refractivity contribution in [3.8, 4) is 0 Å². The Kier molecular flexibility index (Phi) is 5.37.